The molecule has 2 heterocycles. The summed E-state index contributed by atoms with van der Waals surface area (Å²) in [4.78, 5) is 0. The smallest absolute Gasteiger partial charge is 0.229 e. The number of halogens is 1. The maximum absolute atomic E-state index is 6.10. The molecule has 0 aliphatic carbocycles. The zero-order chi connectivity index (χ0) is 21.3. The van der Waals surface area contributed by atoms with E-state index < -0.39 is 0 Å². The fourth-order valence-corrected chi connectivity index (χ4v) is 4.23. The van der Waals surface area contributed by atoms with Crippen molar-refractivity contribution in [1.29, 1.82) is 0 Å². The molecule has 1 unspecified atom stereocenters. The van der Waals surface area contributed by atoms with E-state index >= 15 is 0 Å². The highest BCUT2D eigenvalue weighted by Crippen LogP contribution is 2.38. The quantitative estimate of drug-likeness (QED) is 0.330. The van der Waals surface area contributed by atoms with Crippen LogP contribution in [-0.4, -0.2) is 25.0 Å². The van der Waals surface area contributed by atoms with Crippen LogP contribution in [0.5, 0.6) is 0 Å². The maximum Gasteiger partial charge on any atom is 0.229 e. The Balaban J connectivity index is 1.84. The molecule has 0 aliphatic heterocycles. The van der Waals surface area contributed by atoms with Gasteiger partial charge in [0.1, 0.15) is 0 Å². The van der Waals surface area contributed by atoms with Gasteiger partial charge in [-0.2, -0.15) is 0 Å². The molecule has 0 spiro atoms. The maximum atomic E-state index is 6.10. The number of nitrogens with zero attached hydrogens (tertiary/aromatic N) is 5. The van der Waals surface area contributed by atoms with Crippen LogP contribution >= 0.6 is 23.4 Å². The average molecular weight is 440 g/mol. The van der Waals surface area contributed by atoms with E-state index in [0.717, 1.165) is 22.2 Å². The molecule has 1 atom stereocenters. The van der Waals surface area contributed by atoms with Gasteiger partial charge in [0.2, 0.25) is 11.8 Å². The monoisotopic (exact) mass is 439 g/mol. The summed E-state index contributed by atoms with van der Waals surface area (Å²) in [6.07, 6.45) is 0. The van der Waals surface area contributed by atoms with Gasteiger partial charge in [-0.25, -0.2) is 0 Å². The summed E-state index contributed by atoms with van der Waals surface area (Å²) in [6.45, 7) is 8.17. The lowest BCUT2D eigenvalue weighted by Crippen LogP contribution is -2.05. The molecule has 0 N–H and O–H groups in total. The van der Waals surface area contributed by atoms with Crippen molar-refractivity contribution in [3.63, 3.8) is 0 Å². The third-order valence-electron chi connectivity index (χ3n) is 4.71. The van der Waals surface area contributed by atoms with E-state index in [1.54, 1.807) is 6.92 Å². The van der Waals surface area contributed by atoms with Crippen LogP contribution in [0.1, 0.15) is 49.3 Å². The predicted octanol–water partition coefficient (Wildman–Crippen LogP) is 6.26. The van der Waals surface area contributed by atoms with Crippen LogP contribution < -0.4 is 0 Å². The minimum Gasteiger partial charge on any atom is -0.424 e. The highest BCUT2D eigenvalue weighted by molar-refractivity contribution is 7.99. The summed E-state index contributed by atoms with van der Waals surface area (Å²) >= 11 is 7.63. The largest absolute Gasteiger partial charge is 0.424 e. The second-order valence-corrected chi connectivity index (χ2v) is 9.03. The number of hydrogen-bond donors (Lipinski definition) is 0. The number of benzene rings is 2. The Morgan fingerprint density at radius 2 is 1.67 bits per heavy atom. The van der Waals surface area contributed by atoms with Crippen molar-refractivity contribution in [3.8, 4) is 17.1 Å². The molecule has 154 valence electrons. The van der Waals surface area contributed by atoms with Crippen LogP contribution in [-0.2, 0) is 0 Å². The molecule has 0 aliphatic rings. The second kappa shape index (κ2) is 8.62. The molecule has 6 nitrogen and oxygen atoms in total. The van der Waals surface area contributed by atoms with Gasteiger partial charge in [-0.15, -0.1) is 20.4 Å². The number of para-hydroxylation sites is 1. The minimum atomic E-state index is -0.0709. The van der Waals surface area contributed by atoms with E-state index in [2.05, 4.69) is 57.0 Å². The van der Waals surface area contributed by atoms with E-state index in [9.17, 15) is 0 Å². The molecule has 0 fully saturated rings. The van der Waals surface area contributed by atoms with Crippen LogP contribution in [0.3, 0.4) is 0 Å². The molecule has 0 saturated heterocycles. The van der Waals surface area contributed by atoms with Gasteiger partial charge >= 0.3 is 0 Å². The van der Waals surface area contributed by atoms with E-state index in [1.807, 2.05) is 37.3 Å². The van der Waals surface area contributed by atoms with Crippen molar-refractivity contribution in [1.82, 2.24) is 25.0 Å². The third kappa shape index (κ3) is 4.13. The Kier molecular flexibility index (Phi) is 5.92. The summed E-state index contributed by atoms with van der Waals surface area (Å²) in [5.41, 5.74) is 3.22. The van der Waals surface area contributed by atoms with Crippen molar-refractivity contribution >= 4 is 23.4 Å². The van der Waals surface area contributed by atoms with E-state index in [-0.39, 0.29) is 5.25 Å². The van der Waals surface area contributed by atoms with Crippen molar-refractivity contribution < 1.29 is 4.42 Å². The number of hydrogen-bond acceptors (Lipinski definition) is 6. The molecule has 0 amide bonds. The molecular weight excluding hydrogens is 418 g/mol. The lowest BCUT2D eigenvalue weighted by atomic mass is 10.0. The molecule has 0 bridgehead atoms. The number of thioether (sulfide) groups is 1. The van der Waals surface area contributed by atoms with Gasteiger partial charge in [0, 0.05) is 17.5 Å². The Morgan fingerprint density at radius 3 is 2.33 bits per heavy atom. The first kappa shape index (κ1) is 20.6. The summed E-state index contributed by atoms with van der Waals surface area (Å²) < 4.78 is 7.71. The SMILES string of the molecule is Cc1nnc(C(C)Sc2nnc(-c3ccc(Cl)cc3)n2-c2ccccc2C(C)C)o1. The highest BCUT2D eigenvalue weighted by Gasteiger charge is 2.23. The van der Waals surface area contributed by atoms with Crippen molar-refractivity contribution in [2.24, 2.45) is 0 Å². The molecule has 0 saturated carbocycles. The summed E-state index contributed by atoms with van der Waals surface area (Å²) in [5.74, 6) is 2.22. The Bertz CT molecular complexity index is 1150. The van der Waals surface area contributed by atoms with Gasteiger partial charge in [0.05, 0.1) is 10.9 Å². The van der Waals surface area contributed by atoms with E-state index in [4.69, 9.17) is 16.0 Å². The normalized spacial score (nSPS) is 12.5. The number of aromatic nitrogens is 5. The topological polar surface area (TPSA) is 69.6 Å². The van der Waals surface area contributed by atoms with Gasteiger partial charge in [-0.3, -0.25) is 4.57 Å². The van der Waals surface area contributed by atoms with Crippen LogP contribution in [0.25, 0.3) is 17.1 Å². The lowest BCUT2D eigenvalue weighted by Gasteiger charge is -2.17. The molecule has 2 aromatic heterocycles. The Morgan fingerprint density at radius 1 is 0.933 bits per heavy atom. The third-order valence-corrected chi connectivity index (χ3v) is 5.99. The molecule has 8 heteroatoms. The molecular formula is C22H22ClN5OS. The first-order valence-corrected chi connectivity index (χ1v) is 11.0. The van der Waals surface area contributed by atoms with Gasteiger partial charge < -0.3 is 4.42 Å². The lowest BCUT2D eigenvalue weighted by molar-refractivity contribution is 0.470. The van der Waals surface area contributed by atoms with Crippen molar-refractivity contribution in [3.05, 3.63) is 70.9 Å². The molecule has 30 heavy (non-hydrogen) atoms. The molecule has 4 aromatic rings. The molecule has 4 rings (SSSR count). The summed E-state index contributed by atoms with van der Waals surface area (Å²) in [5, 5.41) is 18.5. The fourth-order valence-electron chi connectivity index (χ4n) is 3.21. The summed E-state index contributed by atoms with van der Waals surface area (Å²) in [7, 11) is 0. The highest BCUT2D eigenvalue weighted by atomic mass is 35.5. The van der Waals surface area contributed by atoms with Gasteiger partial charge in [0.15, 0.2) is 11.0 Å². The van der Waals surface area contributed by atoms with E-state index in [0.29, 0.717) is 22.7 Å². The van der Waals surface area contributed by atoms with Gasteiger partial charge in [-0.05, 0) is 48.7 Å². The Hall–Kier alpha value is -2.64. The van der Waals surface area contributed by atoms with Crippen LogP contribution in [0.2, 0.25) is 5.02 Å². The first-order valence-electron chi connectivity index (χ1n) is 9.71. The van der Waals surface area contributed by atoms with E-state index in [1.165, 1.54) is 17.3 Å². The Labute approximate surface area is 184 Å². The average Bonchev–Trinajstić information content (AvgIpc) is 3.35. The predicted molar refractivity (Wildman–Crippen MR) is 119 cm³/mol. The molecule has 0 radical (unpaired) electrons. The van der Waals surface area contributed by atoms with Crippen LogP contribution in [0, 0.1) is 6.92 Å². The summed E-state index contributed by atoms with van der Waals surface area (Å²) in [6, 6.07) is 16.0. The first-order chi connectivity index (χ1) is 14.4. The van der Waals surface area contributed by atoms with Crippen LogP contribution in [0.15, 0.2) is 58.1 Å². The molecule has 2 aromatic carbocycles. The van der Waals surface area contributed by atoms with Gasteiger partial charge in [-0.1, -0.05) is 55.4 Å². The van der Waals surface area contributed by atoms with Crippen molar-refractivity contribution in [2.75, 3.05) is 0 Å². The second-order valence-electron chi connectivity index (χ2n) is 7.28. The minimum absolute atomic E-state index is 0.0709. The zero-order valence-corrected chi connectivity index (χ0v) is 18.8. The zero-order valence-electron chi connectivity index (χ0n) is 17.2. The fraction of sp³-hybridized carbons (Fsp3) is 0.273. The van der Waals surface area contributed by atoms with Crippen LogP contribution in [0.4, 0.5) is 0 Å². The number of aryl methyl sites for hydroxylation is 1. The van der Waals surface area contributed by atoms with Crippen molar-refractivity contribution in [2.45, 2.75) is 44.0 Å². The standard InChI is InChI=1S/C22H22ClN5OS/c1-13(2)18-7-5-6-8-19(18)28-20(16-9-11-17(23)12-10-16)25-27-22(28)30-14(3)21-26-24-15(4)29-21/h5-14H,1-4H3. The van der Waals surface area contributed by atoms with Gasteiger partial charge in [0.25, 0.3) is 0 Å². The number of rotatable bonds is 6.